The van der Waals surface area contributed by atoms with E-state index in [1.807, 2.05) is 26.2 Å². The SMILES string of the molecule is CC(C)CNC(C)c1nnnn1-c1ccn(C)n1. The summed E-state index contributed by atoms with van der Waals surface area (Å²) in [4.78, 5) is 0. The van der Waals surface area contributed by atoms with Gasteiger partial charge in [-0.1, -0.05) is 13.8 Å². The van der Waals surface area contributed by atoms with Crippen molar-refractivity contribution < 1.29 is 0 Å². The molecular weight excluding hydrogens is 230 g/mol. The number of nitrogens with one attached hydrogen (secondary N) is 1. The first-order chi connectivity index (χ1) is 8.58. The quantitative estimate of drug-likeness (QED) is 0.844. The summed E-state index contributed by atoms with van der Waals surface area (Å²) in [7, 11) is 1.87. The Bertz CT molecular complexity index is 499. The van der Waals surface area contributed by atoms with Crippen LogP contribution >= 0.6 is 0 Å². The molecule has 0 radical (unpaired) electrons. The fraction of sp³-hybridized carbons (Fsp3) is 0.636. The van der Waals surface area contributed by atoms with Crippen LogP contribution in [0, 0.1) is 5.92 Å². The van der Waals surface area contributed by atoms with Gasteiger partial charge in [-0.05, 0) is 29.8 Å². The van der Waals surface area contributed by atoms with Crippen molar-refractivity contribution in [2.45, 2.75) is 26.8 Å². The Labute approximate surface area is 106 Å². The Balaban J connectivity index is 2.17. The van der Waals surface area contributed by atoms with Crippen LogP contribution < -0.4 is 5.32 Å². The molecule has 0 bridgehead atoms. The third-order valence-electron chi connectivity index (χ3n) is 2.63. The summed E-state index contributed by atoms with van der Waals surface area (Å²) >= 11 is 0. The Kier molecular flexibility index (Phi) is 3.71. The number of aromatic nitrogens is 6. The number of tetrazole rings is 1. The molecule has 0 aromatic carbocycles. The summed E-state index contributed by atoms with van der Waals surface area (Å²) in [6, 6.07) is 1.97. The highest BCUT2D eigenvalue weighted by molar-refractivity contribution is 5.19. The highest BCUT2D eigenvalue weighted by Gasteiger charge is 2.16. The van der Waals surface area contributed by atoms with Gasteiger partial charge in [0.15, 0.2) is 11.6 Å². The summed E-state index contributed by atoms with van der Waals surface area (Å²) in [6.45, 7) is 7.31. The molecule has 7 heteroatoms. The zero-order chi connectivity index (χ0) is 13.1. The minimum Gasteiger partial charge on any atom is -0.307 e. The Hall–Kier alpha value is -1.76. The predicted octanol–water partition coefficient (Wildman–Crippen LogP) is 0.702. The second-order valence-corrected chi connectivity index (χ2v) is 4.82. The van der Waals surface area contributed by atoms with Gasteiger partial charge < -0.3 is 5.32 Å². The molecule has 0 aliphatic heterocycles. The van der Waals surface area contributed by atoms with Crippen LogP contribution in [0.5, 0.6) is 0 Å². The molecule has 2 aromatic heterocycles. The van der Waals surface area contributed by atoms with Gasteiger partial charge in [0.25, 0.3) is 0 Å². The van der Waals surface area contributed by atoms with Gasteiger partial charge in [0.05, 0.1) is 6.04 Å². The number of nitrogens with zero attached hydrogens (tertiary/aromatic N) is 6. The molecule has 1 atom stereocenters. The van der Waals surface area contributed by atoms with E-state index in [1.54, 1.807) is 9.36 Å². The van der Waals surface area contributed by atoms with E-state index in [0.29, 0.717) is 5.92 Å². The maximum absolute atomic E-state index is 4.30. The van der Waals surface area contributed by atoms with Gasteiger partial charge in [-0.25, -0.2) is 0 Å². The van der Waals surface area contributed by atoms with E-state index >= 15 is 0 Å². The fourth-order valence-electron chi connectivity index (χ4n) is 1.65. The lowest BCUT2D eigenvalue weighted by Gasteiger charge is -2.14. The van der Waals surface area contributed by atoms with Crippen molar-refractivity contribution in [3.8, 4) is 5.82 Å². The third-order valence-corrected chi connectivity index (χ3v) is 2.63. The Morgan fingerprint density at radius 3 is 2.72 bits per heavy atom. The van der Waals surface area contributed by atoms with Crippen molar-refractivity contribution in [3.63, 3.8) is 0 Å². The molecule has 0 fully saturated rings. The lowest BCUT2D eigenvalue weighted by Crippen LogP contribution is -2.25. The molecule has 1 unspecified atom stereocenters. The first-order valence-corrected chi connectivity index (χ1v) is 6.09. The zero-order valence-electron chi connectivity index (χ0n) is 11.2. The molecule has 1 N–H and O–H groups in total. The minimum atomic E-state index is 0.0874. The smallest absolute Gasteiger partial charge is 0.179 e. The second-order valence-electron chi connectivity index (χ2n) is 4.82. The van der Waals surface area contributed by atoms with Gasteiger partial charge in [-0.15, -0.1) is 5.10 Å². The summed E-state index contributed by atoms with van der Waals surface area (Å²) in [6.07, 6.45) is 1.87. The largest absolute Gasteiger partial charge is 0.307 e. The van der Waals surface area contributed by atoms with Crippen LogP contribution in [-0.2, 0) is 7.05 Å². The van der Waals surface area contributed by atoms with E-state index in [9.17, 15) is 0 Å². The summed E-state index contributed by atoms with van der Waals surface area (Å²) in [5.41, 5.74) is 0. The third kappa shape index (κ3) is 2.73. The average molecular weight is 249 g/mol. The van der Waals surface area contributed by atoms with Crippen molar-refractivity contribution in [1.29, 1.82) is 0 Å². The minimum absolute atomic E-state index is 0.0874. The van der Waals surface area contributed by atoms with Crippen LogP contribution in [0.2, 0.25) is 0 Å². The highest BCUT2D eigenvalue weighted by atomic mass is 15.6. The molecule has 2 heterocycles. The monoisotopic (exact) mass is 249 g/mol. The summed E-state index contributed by atoms with van der Waals surface area (Å²) in [5, 5.41) is 19.5. The van der Waals surface area contributed by atoms with Gasteiger partial charge in [0.2, 0.25) is 0 Å². The zero-order valence-corrected chi connectivity index (χ0v) is 11.2. The van der Waals surface area contributed by atoms with Gasteiger partial charge in [0, 0.05) is 19.3 Å². The van der Waals surface area contributed by atoms with Crippen LogP contribution in [0.3, 0.4) is 0 Å². The van der Waals surface area contributed by atoms with E-state index in [0.717, 1.165) is 18.2 Å². The summed E-state index contributed by atoms with van der Waals surface area (Å²) in [5.74, 6) is 2.09. The second kappa shape index (κ2) is 5.26. The number of aryl methyl sites for hydroxylation is 1. The topological polar surface area (TPSA) is 73.5 Å². The van der Waals surface area contributed by atoms with Crippen LogP contribution in [0.1, 0.15) is 32.6 Å². The molecule has 7 nitrogen and oxygen atoms in total. The molecular formula is C11H19N7. The maximum Gasteiger partial charge on any atom is 0.179 e. The fourth-order valence-corrected chi connectivity index (χ4v) is 1.65. The van der Waals surface area contributed by atoms with Crippen molar-refractivity contribution in [2.24, 2.45) is 13.0 Å². The van der Waals surface area contributed by atoms with Crippen molar-refractivity contribution in [3.05, 3.63) is 18.1 Å². The number of hydrogen-bond donors (Lipinski definition) is 1. The molecule has 0 aliphatic carbocycles. The predicted molar refractivity (Wildman–Crippen MR) is 67.2 cm³/mol. The van der Waals surface area contributed by atoms with Gasteiger partial charge in [0.1, 0.15) is 0 Å². The molecule has 0 spiro atoms. The normalized spacial score (nSPS) is 13.2. The molecule has 0 aliphatic rings. The van der Waals surface area contributed by atoms with E-state index in [2.05, 4.69) is 39.8 Å². The molecule has 18 heavy (non-hydrogen) atoms. The van der Waals surface area contributed by atoms with E-state index < -0.39 is 0 Å². The van der Waals surface area contributed by atoms with Gasteiger partial charge in [-0.3, -0.25) is 4.68 Å². The highest BCUT2D eigenvalue weighted by Crippen LogP contribution is 2.12. The number of rotatable bonds is 5. The number of hydrogen-bond acceptors (Lipinski definition) is 5. The van der Waals surface area contributed by atoms with Gasteiger partial charge >= 0.3 is 0 Å². The lowest BCUT2D eigenvalue weighted by molar-refractivity contribution is 0.473. The first kappa shape index (κ1) is 12.7. The van der Waals surface area contributed by atoms with E-state index in [4.69, 9.17) is 0 Å². The first-order valence-electron chi connectivity index (χ1n) is 6.09. The molecule has 2 aromatic rings. The maximum atomic E-state index is 4.30. The van der Waals surface area contributed by atoms with Crippen molar-refractivity contribution in [1.82, 2.24) is 35.3 Å². The molecule has 0 amide bonds. The lowest BCUT2D eigenvalue weighted by atomic mass is 10.2. The van der Waals surface area contributed by atoms with Gasteiger partial charge in [-0.2, -0.15) is 9.78 Å². The average Bonchev–Trinajstić information content (AvgIpc) is 2.93. The molecule has 2 rings (SSSR count). The molecule has 0 saturated carbocycles. The van der Waals surface area contributed by atoms with Crippen LogP contribution in [0.4, 0.5) is 0 Å². The van der Waals surface area contributed by atoms with Crippen molar-refractivity contribution in [2.75, 3.05) is 6.54 Å². The Morgan fingerprint density at radius 2 is 2.11 bits per heavy atom. The van der Waals surface area contributed by atoms with Crippen LogP contribution in [-0.4, -0.2) is 36.5 Å². The standard InChI is InChI=1S/C11H19N7/c1-8(2)7-12-9(3)11-13-15-16-18(11)10-5-6-17(4)14-10/h5-6,8-9,12H,7H2,1-4H3. The van der Waals surface area contributed by atoms with E-state index in [-0.39, 0.29) is 6.04 Å². The van der Waals surface area contributed by atoms with Crippen molar-refractivity contribution >= 4 is 0 Å². The molecule has 98 valence electrons. The molecule has 0 saturated heterocycles. The van der Waals surface area contributed by atoms with E-state index in [1.165, 1.54) is 0 Å². The van der Waals surface area contributed by atoms with Crippen LogP contribution in [0.25, 0.3) is 5.82 Å². The Morgan fingerprint density at radius 1 is 1.33 bits per heavy atom. The van der Waals surface area contributed by atoms with Crippen LogP contribution in [0.15, 0.2) is 12.3 Å². The summed E-state index contributed by atoms with van der Waals surface area (Å²) < 4.78 is 3.39.